The quantitative estimate of drug-likeness (QED) is 0.0467. The number of aromatic nitrogens is 1. The number of ether oxygens (including phenoxy) is 2. The largest absolute Gasteiger partial charge is 0.492 e. The summed E-state index contributed by atoms with van der Waals surface area (Å²) in [5.41, 5.74) is -0.417. The highest BCUT2D eigenvalue weighted by molar-refractivity contribution is 9.09. The van der Waals surface area contributed by atoms with Gasteiger partial charge >= 0.3 is 5.97 Å². The van der Waals surface area contributed by atoms with E-state index in [0.29, 0.717) is 11.5 Å². The second kappa shape index (κ2) is 16.9. The summed E-state index contributed by atoms with van der Waals surface area (Å²) in [5, 5.41) is -0.0771. The highest BCUT2D eigenvalue weighted by Gasteiger charge is 2.35. The average Bonchev–Trinajstić information content (AvgIpc) is 3.97. The molecule has 9 nitrogen and oxygen atoms in total. The number of carbonyl (C=O) groups excluding carboxylic acids is 2. The van der Waals surface area contributed by atoms with Gasteiger partial charge in [0.1, 0.15) is 17.1 Å². The summed E-state index contributed by atoms with van der Waals surface area (Å²) in [7, 11) is -5.02. The van der Waals surface area contributed by atoms with Crippen molar-refractivity contribution in [1.82, 2.24) is 4.98 Å². The molecule has 1 fully saturated rings. The van der Waals surface area contributed by atoms with Gasteiger partial charge < -0.3 is 14.4 Å². The fourth-order valence-electron chi connectivity index (χ4n) is 6.02. The van der Waals surface area contributed by atoms with Crippen molar-refractivity contribution in [3.8, 4) is 5.75 Å². The van der Waals surface area contributed by atoms with Crippen molar-refractivity contribution in [3.05, 3.63) is 117 Å². The van der Waals surface area contributed by atoms with Crippen molar-refractivity contribution >= 4 is 60.8 Å². The number of sulfonamides is 1. The minimum atomic E-state index is -5.02. The summed E-state index contributed by atoms with van der Waals surface area (Å²) in [6.45, 7) is 12.8. The van der Waals surface area contributed by atoms with Crippen molar-refractivity contribution in [2.75, 3.05) is 22.0 Å². The smallest absolute Gasteiger partial charge is 0.338 e. The lowest BCUT2D eigenvalue weighted by Gasteiger charge is -2.28. The highest BCUT2D eigenvalue weighted by Crippen LogP contribution is 2.44. The predicted molar refractivity (Wildman–Crippen MR) is 215 cm³/mol. The van der Waals surface area contributed by atoms with E-state index in [1.165, 1.54) is 30.5 Å². The van der Waals surface area contributed by atoms with Gasteiger partial charge in [0, 0.05) is 18.0 Å². The number of alkyl halides is 1. The van der Waals surface area contributed by atoms with E-state index in [2.05, 4.69) is 27.0 Å². The molecule has 57 heavy (non-hydrogen) atoms. The van der Waals surface area contributed by atoms with Crippen LogP contribution in [-0.4, -0.2) is 43.2 Å². The van der Waals surface area contributed by atoms with Gasteiger partial charge in [-0.1, -0.05) is 66.5 Å². The summed E-state index contributed by atoms with van der Waals surface area (Å²) in [4.78, 5) is 30.9. The number of hydrogen-bond acceptors (Lipinski definition) is 7. The minimum absolute atomic E-state index is 0.0278. The Morgan fingerprint density at radius 2 is 1.65 bits per heavy atom. The fourth-order valence-corrected chi connectivity index (χ4v) is 8.28. The molecule has 0 spiro atoms. The molecule has 1 N–H and O–H groups in total. The minimum Gasteiger partial charge on any atom is -0.492 e. The van der Waals surface area contributed by atoms with Gasteiger partial charge in [-0.3, -0.25) is 14.5 Å². The number of esters is 1. The molecule has 1 saturated carbocycles. The second-order valence-corrected chi connectivity index (χ2v) is 18.8. The molecule has 16 heteroatoms. The van der Waals surface area contributed by atoms with E-state index in [-0.39, 0.29) is 46.2 Å². The number of rotatable bonds is 13. The maximum Gasteiger partial charge on any atom is 0.338 e. The Labute approximate surface area is 343 Å². The summed E-state index contributed by atoms with van der Waals surface area (Å²) >= 11 is 9.32. The summed E-state index contributed by atoms with van der Waals surface area (Å²) in [5.74, 6) is -11.1. The van der Waals surface area contributed by atoms with Gasteiger partial charge in [0.15, 0.2) is 23.3 Å². The SMILES string of the molecule is CCOc1cc(C(=O)OC(C)(C)C)ccc1N(Cc1cc(C2CC2)cc(C(C)(C)C)c1)C(=O)CS(=O)(=O)Nc1c(F)c(F)c(F)c(F)c1C(Br)c1ccncc1Cl. The summed E-state index contributed by atoms with van der Waals surface area (Å²) in [6, 6.07) is 11.5. The molecule has 0 bridgehead atoms. The third kappa shape index (κ3) is 10.5. The molecule has 5 rings (SSSR count). The number of pyridine rings is 1. The number of carbonyl (C=O) groups is 2. The lowest BCUT2D eigenvalue weighted by Crippen LogP contribution is -2.38. The fraction of sp³-hybridized carbons (Fsp3) is 0.390. The third-order valence-corrected chi connectivity index (χ3v) is 11.4. The van der Waals surface area contributed by atoms with Crippen molar-refractivity contribution < 1.29 is 45.0 Å². The molecule has 1 atom stereocenters. The normalized spacial score (nSPS) is 13.9. The van der Waals surface area contributed by atoms with Crippen molar-refractivity contribution in [2.24, 2.45) is 0 Å². The van der Waals surface area contributed by atoms with Gasteiger partial charge in [-0.05, 0) is 98.4 Å². The monoisotopic (exact) mass is 895 g/mol. The Balaban J connectivity index is 1.60. The Kier molecular flexibility index (Phi) is 13.1. The van der Waals surface area contributed by atoms with Crippen molar-refractivity contribution in [1.29, 1.82) is 0 Å². The number of nitrogens with one attached hydrogen (secondary N) is 1. The van der Waals surface area contributed by atoms with Crippen LogP contribution in [-0.2, 0) is 31.5 Å². The van der Waals surface area contributed by atoms with Crippen molar-refractivity contribution in [2.45, 2.75) is 89.6 Å². The molecule has 306 valence electrons. The third-order valence-electron chi connectivity index (χ3n) is 8.96. The van der Waals surface area contributed by atoms with Crippen LogP contribution >= 0.6 is 27.5 Å². The van der Waals surface area contributed by atoms with E-state index in [4.69, 9.17) is 21.1 Å². The molecule has 0 saturated heterocycles. The first-order valence-electron chi connectivity index (χ1n) is 18.1. The zero-order chi connectivity index (χ0) is 42.2. The van der Waals surface area contributed by atoms with Gasteiger partial charge in [-0.25, -0.2) is 30.8 Å². The Bertz CT molecular complexity index is 2310. The molecule has 1 amide bonds. The first kappa shape index (κ1) is 43.9. The Morgan fingerprint density at radius 1 is 0.982 bits per heavy atom. The first-order chi connectivity index (χ1) is 26.5. The van der Waals surface area contributed by atoms with Gasteiger partial charge in [-0.2, -0.15) is 0 Å². The van der Waals surface area contributed by atoms with E-state index in [0.717, 1.165) is 35.1 Å². The summed E-state index contributed by atoms with van der Waals surface area (Å²) in [6.07, 6.45) is 4.40. The van der Waals surface area contributed by atoms with Crippen LogP contribution < -0.4 is 14.4 Å². The van der Waals surface area contributed by atoms with Crippen LogP contribution in [0.4, 0.5) is 28.9 Å². The maximum atomic E-state index is 15.5. The molecule has 1 aliphatic carbocycles. The number of halogens is 6. The Hall–Kier alpha value is -4.21. The molecule has 1 unspecified atom stereocenters. The zero-order valence-electron chi connectivity index (χ0n) is 32.4. The zero-order valence-corrected chi connectivity index (χ0v) is 35.6. The van der Waals surface area contributed by atoms with E-state index < -0.39 is 72.6 Å². The predicted octanol–water partition coefficient (Wildman–Crippen LogP) is 10.3. The maximum absolute atomic E-state index is 15.5. The lowest BCUT2D eigenvalue weighted by atomic mass is 9.84. The summed E-state index contributed by atoms with van der Waals surface area (Å²) < 4.78 is 101. The second-order valence-electron chi connectivity index (χ2n) is 15.8. The van der Waals surface area contributed by atoms with E-state index in [9.17, 15) is 26.8 Å². The van der Waals surface area contributed by atoms with Crippen LogP contribution in [0.2, 0.25) is 5.02 Å². The molecular weight excluding hydrogens is 854 g/mol. The van der Waals surface area contributed by atoms with Gasteiger partial charge in [0.25, 0.3) is 0 Å². The number of benzene rings is 3. The van der Waals surface area contributed by atoms with Gasteiger partial charge in [0.05, 0.1) is 39.9 Å². The number of hydrogen-bond donors (Lipinski definition) is 1. The van der Waals surface area contributed by atoms with Crippen LogP contribution in [0.25, 0.3) is 0 Å². The standard InChI is InChI=1S/C41H43BrClF4N3O6S/c1-8-55-30-18-24(39(52)56-41(5,6)7)11-12-29(30)50(20-22-15-25(23-9-10-23)17-26(16-22)40(2,3)4)31(51)21-57(53,54)49-38-32(34(44)35(45)36(46)37(38)47)33(42)27-13-14-48-19-28(27)43/h11-19,23,33,49H,8-10,20-21H2,1-7H3. The van der Waals surface area contributed by atoms with Crippen LogP contribution in [0, 0.1) is 23.3 Å². The van der Waals surface area contributed by atoms with Gasteiger partial charge in [-0.15, -0.1) is 0 Å². The lowest BCUT2D eigenvalue weighted by molar-refractivity contribution is -0.116. The highest BCUT2D eigenvalue weighted by atomic mass is 79.9. The molecule has 0 aliphatic heterocycles. The van der Waals surface area contributed by atoms with Crippen LogP contribution in [0.5, 0.6) is 5.75 Å². The molecule has 0 radical (unpaired) electrons. The van der Waals surface area contributed by atoms with Crippen LogP contribution in [0.15, 0.2) is 54.9 Å². The number of anilines is 2. The average molecular weight is 897 g/mol. The Morgan fingerprint density at radius 3 is 2.25 bits per heavy atom. The number of nitrogens with zero attached hydrogens (tertiary/aromatic N) is 2. The van der Waals surface area contributed by atoms with E-state index in [1.807, 2.05) is 32.9 Å². The molecule has 1 aromatic heterocycles. The molecule has 3 aromatic carbocycles. The van der Waals surface area contributed by atoms with Crippen LogP contribution in [0.1, 0.15) is 110 Å². The molecule has 1 heterocycles. The van der Waals surface area contributed by atoms with Crippen LogP contribution in [0.3, 0.4) is 0 Å². The van der Waals surface area contributed by atoms with E-state index >= 15 is 8.78 Å². The molecule has 4 aromatic rings. The van der Waals surface area contributed by atoms with E-state index in [1.54, 1.807) is 32.4 Å². The molecular formula is C41H43BrClF4N3O6S. The van der Waals surface area contributed by atoms with Crippen molar-refractivity contribution in [3.63, 3.8) is 0 Å². The molecule has 1 aliphatic rings. The topological polar surface area (TPSA) is 115 Å². The van der Waals surface area contributed by atoms with Gasteiger partial charge in [0.2, 0.25) is 15.9 Å². The number of amides is 1. The first-order valence-corrected chi connectivity index (χ1v) is 21.0.